The highest BCUT2D eigenvalue weighted by Crippen LogP contribution is 2.31. The van der Waals surface area contributed by atoms with E-state index in [2.05, 4.69) is 10.6 Å². The smallest absolute Gasteiger partial charge is 0.221 e. The normalized spacial score (nSPS) is 10.4. The summed E-state index contributed by atoms with van der Waals surface area (Å²) < 4.78 is 14.0. The molecule has 0 radical (unpaired) electrons. The van der Waals surface area contributed by atoms with Gasteiger partial charge in [0, 0.05) is 28.9 Å². The summed E-state index contributed by atoms with van der Waals surface area (Å²) in [6, 6.07) is 12.6. The van der Waals surface area contributed by atoms with Gasteiger partial charge in [0.2, 0.25) is 5.91 Å². The molecule has 0 saturated carbocycles. The molecule has 0 aliphatic rings. The van der Waals surface area contributed by atoms with Gasteiger partial charge >= 0.3 is 0 Å². The largest absolute Gasteiger partial charge is 0.326 e. The molecule has 2 rings (SSSR count). The van der Waals surface area contributed by atoms with Crippen LogP contribution in [-0.2, 0) is 11.3 Å². The second-order valence-corrected chi connectivity index (χ2v) is 5.72. The average molecular weight is 304 g/mol. The highest BCUT2D eigenvalue weighted by molar-refractivity contribution is 7.99. The lowest BCUT2D eigenvalue weighted by molar-refractivity contribution is -0.114. The molecule has 0 aliphatic heterocycles. The molecule has 0 aliphatic carbocycles. The average Bonchev–Trinajstić information content (AvgIpc) is 2.44. The Hall–Kier alpha value is -1.85. The van der Waals surface area contributed by atoms with Crippen molar-refractivity contribution in [2.45, 2.75) is 23.3 Å². The summed E-state index contributed by atoms with van der Waals surface area (Å²) >= 11 is 1.36. The van der Waals surface area contributed by atoms with Gasteiger partial charge in [0.05, 0.1) is 0 Å². The quantitative estimate of drug-likeness (QED) is 0.886. The van der Waals surface area contributed by atoms with Crippen LogP contribution in [0.2, 0.25) is 0 Å². The number of hydrogen-bond acceptors (Lipinski definition) is 3. The summed E-state index contributed by atoms with van der Waals surface area (Å²) in [5, 5.41) is 5.69. The number of hydrogen-bond donors (Lipinski definition) is 2. The number of amides is 1. The molecule has 2 aromatic rings. The van der Waals surface area contributed by atoms with Crippen molar-refractivity contribution in [3.8, 4) is 0 Å². The summed E-state index contributed by atoms with van der Waals surface area (Å²) in [5.74, 6) is -0.333. The minimum Gasteiger partial charge on any atom is -0.326 e. The van der Waals surface area contributed by atoms with E-state index >= 15 is 0 Å². The van der Waals surface area contributed by atoms with Gasteiger partial charge in [-0.15, -0.1) is 0 Å². The Morgan fingerprint density at radius 1 is 1.19 bits per heavy atom. The molecule has 0 saturated heterocycles. The van der Waals surface area contributed by atoms with E-state index in [1.54, 1.807) is 24.3 Å². The summed E-state index contributed by atoms with van der Waals surface area (Å²) in [6.07, 6.45) is 0. The SMILES string of the molecule is CNCc1ccc(Sc2ccc(NC(C)=O)cc2)c(F)c1. The zero-order valence-electron chi connectivity index (χ0n) is 11.9. The first-order valence-corrected chi connectivity index (χ1v) is 7.38. The minimum absolute atomic E-state index is 0.110. The maximum Gasteiger partial charge on any atom is 0.221 e. The third-order valence-corrected chi connectivity index (χ3v) is 3.84. The zero-order chi connectivity index (χ0) is 15.2. The van der Waals surface area contributed by atoms with Crippen molar-refractivity contribution in [3.05, 3.63) is 53.8 Å². The van der Waals surface area contributed by atoms with Gasteiger partial charge in [-0.05, 0) is 49.0 Å². The van der Waals surface area contributed by atoms with Crippen LogP contribution in [-0.4, -0.2) is 13.0 Å². The highest BCUT2D eigenvalue weighted by atomic mass is 32.2. The number of halogens is 1. The molecular formula is C16H17FN2OS. The van der Waals surface area contributed by atoms with Crippen LogP contribution < -0.4 is 10.6 Å². The van der Waals surface area contributed by atoms with Crippen LogP contribution in [0.1, 0.15) is 12.5 Å². The second kappa shape index (κ2) is 7.24. The van der Waals surface area contributed by atoms with Gasteiger partial charge in [0.25, 0.3) is 0 Å². The molecule has 1 amide bonds. The Morgan fingerprint density at radius 2 is 1.90 bits per heavy atom. The van der Waals surface area contributed by atoms with Crippen LogP contribution in [0.25, 0.3) is 0 Å². The first-order valence-electron chi connectivity index (χ1n) is 6.57. The standard InChI is InChI=1S/C16H17FN2OS/c1-11(20)19-13-4-6-14(7-5-13)21-16-8-3-12(10-18-2)9-15(16)17/h3-9,18H,10H2,1-2H3,(H,19,20). The minimum atomic E-state index is -0.223. The third-order valence-electron chi connectivity index (χ3n) is 2.78. The van der Waals surface area contributed by atoms with E-state index in [1.807, 2.05) is 25.2 Å². The number of benzene rings is 2. The van der Waals surface area contributed by atoms with Crippen molar-refractivity contribution < 1.29 is 9.18 Å². The zero-order valence-corrected chi connectivity index (χ0v) is 12.8. The number of rotatable bonds is 5. The predicted octanol–water partition coefficient (Wildman–Crippen LogP) is 3.65. The van der Waals surface area contributed by atoms with Crippen LogP contribution in [0.15, 0.2) is 52.3 Å². The molecule has 0 atom stereocenters. The molecule has 110 valence electrons. The number of anilines is 1. The van der Waals surface area contributed by atoms with E-state index in [4.69, 9.17) is 0 Å². The number of carbonyl (C=O) groups is 1. The lowest BCUT2D eigenvalue weighted by Crippen LogP contribution is -2.05. The first-order chi connectivity index (χ1) is 10.1. The molecule has 0 bridgehead atoms. The molecule has 0 spiro atoms. The van der Waals surface area contributed by atoms with Crippen molar-refractivity contribution in [3.63, 3.8) is 0 Å². The van der Waals surface area contributed by atoms with Gasteiger partial charge in [0.15, 0.2) is 0 Å². The predicted molar refractivity (Wildman–Crippen MR) is 84.0 cm³/mol. The van der Waals surface area contributed by atoms with Crippen LogP contribution in [0.4, 0.5) is 10.1 Å². The Kier molecular flexibility index (Phi) is 5.36. The lowest BCUT2D eigenvalue weighted by Gasteiger charge is -2.07. The summed E-state index contributed by atoms with van der Waals surface area (Å²) in [7, 11) is 1.83. The van der Waals surface area contributed by atoms with Crippen molar-refractivity contribution in [1.29, 1.82) is 0 Å². The molecule has 0 unspecified atom stereocenters. The fraction of sp³-hybridized carbons (Fsp3) is 0.188. The van der Waals surface area contributed by atoms with Crippen molar-refractivity contribution in [2.75, 3.05) is 12.4 Å². The molecule has 5 heteroatoms. The van der Waals surface area contributed by atoms with Gasteiger partial charge in [-0.2, -0.15) is 0 Å². The molecule has 3 nitrogen and oxygen atoms in total. The lowest BCUT2D eigenvalue weighted by atomic mass is 10.2. The van der Waals surface area contributed by atoms with E-state index in [0.29, 0.717) is 11.4 Å². The van der Waals surface area contributed by atoms with Crippen molar-refractivity contribution >= 4 is 23.4 Å². The fourth-order valence-electron chi connectivity index (χ4n) is 1.88. The van der Waals surface area contributed by atoms with Gasteiger partial charge in [-0.25, -0.2) is 4.39 Å². The highest BCUT2D eigenvalue weighted by Gasteiger charge is 2.06. The maximum absolute atomic E-state index is 14.0. The van der Waals surface area contributed by atoms with Crippen LogP contribution in [0.5, 0.6) is 0 Å². The summed E-state index contributed by atoms with van der Waals surface area (Å²) in [4.78, 5) is 12.5. The van der Waals surface area contributed by atoms with E-state index in [-0.39, 0.29) is 11.7 Å². The molecule has 0 fully saturated rings. The Bertz CT molecular complexity index is 629. The number of carbonyl (C=O) groups excluding carboxylic acids is 1. The molecule has 21 heavy (non-hydrogen) atoms. The number of nitrogens with one attached hydrogen (secondary N) is 2. The monoisotopic (exact) mass is 304 g/mol. The van der Waals surface area contributed by atoms with Crippen LogP contribution >= 0.6 is 11.8 Å². The molecule has 2 N–H and O–H groups in total. The van der Waals surface area contributed by atoms with E-state index in [1.165, 1.54) is 18.7 Å². The van der Waals surface area contributed by atoms with E-state index in [0.717, 1.165) is 16.1 Å². The van der Waals surface area contributed by atoms with Gasteiger partial charge in [-0.3, -0.25) is 4.79 Å². The van der Waals surface area contributed by atoms with Crippen molar-refractivity contribution in [1.82, 2.24) is 5.32 Å². The fourth-order valence-corrected chi connectivity index (χ4v) is 2.70. The molecule has 0 heterocycles. The van der Waals surface area contributed by atoms with E-state index < -0.39 is 0 Å². The van der Waals surface area contributed by atoms with Gasteiger partial charge in [0.1, 0.15) is 5.82 Å². The molecular weight excluding hydrogens is 287 g/mol. The third kappa shape index (κ3) is 4.58. The Morgan fingerprint density at radius 3 is 2.48 bits per heavy atom. The molecule has 2 aromatic carbocycles. The first kappa shape index (κ1) is 15.5. The maximum atomic E-state index is 14.0. The van der Waals surface area contributed by atoms with Gasteiger partial charge < -0.3 is 10.6 Å². The summed E-state index contributed by atoms with van der Waals surface area (Å²) in [5.41, 5.74) is 1.65. The topological polar surface area (TPSA) is 41.1 Å². The van der Waals surface area contributed by atoms with Crippen LogP contribution in [0.3, 0.4) is 0 Å². The molecule has 0 aromatic heterocycles. The van der Waals surface area contributed by atoms with Gasteiger partial charge in [-0.1, -0.05) is 17.8 Å². The summed E-state index contributed by atoms with van der Waals surface area (Å²) in [6.45, 7) is 2.11. The van der Waals surface area contributed by atoms with Crippen molar-refractivity contribution in [2.24, 2.45) is 0 Å². The Labute approximate surface area is 127 Å². The van der Waals surface area contributed by atoms with E-state index in [9.17, 15) is 9.18 Å². The Balaban J connectivity index is 2.09. The van der Waals surface area contributed by atoms with Crippen LogP contribution in [0, 0.1) is 5.82 Å². The second-order valence-electron chi connectivity index (χ2n) is 4.60.